The van der Waals surface area contributed by atoms with Gasteiger partial charge in [0.2, 0.25) is 0 Å². The topological polar surface area (TPSA) is 98.3 Å². The Balaban J connectivity index is 1.43. The van der Waals surface area contributed by atoms with Gasteiger partial charge in [0.05, 0.1) is 36.0 Å². The minimum absolute atomic E-state index is 0.251. The van der Waals surface area contributed by atoms with Crippen LogP contribution in [0.4, 0.5) is 10.2 Å². The van der Waals surface area contributed by atoms with Crippen LogP contribution in [0.15, 0.2) is 90.1 Å². The molecule has 0 spiro atoms. The van der Waals surface area contributed by atoms with E-state index in [0.717, 1.165) is 5.56 Å². The highest BCUT2D eigenvalue weighted by molar-refractivity contribution is 7.89. The van der Waals surface area contributed by atoms with Crippen LogP contribution >= 0.6 is 0 Å². The minimum Gasteiger partial charge on any atom is -0.593 e. The van der Waals surface area contributed by atoms with Gasteiger partial charge in [-0.05, 0) is 41.8 Å². The predicted octanol–water partition coefficient (Wildman–Crippen LogP) is 4.15. The van der Waals surface area contributed by atoms with Crippen molar-refractivity contribution in [3.05, 3.63) is 96.6 Å². The van der Waals surface area contributed by atoms with Crippen LogP contribution < -0.4 is 5.73 Å². The molecule has 1 saturated heterocycles. The summed E-state index contributed by atoms with van der Waals surface area (Å²) in [7, 11) is 0. The molecule has 8 heteroatoms. The summed E-state index contributed by atoms with van der Waals surface area (Å²) in [5.41, 5.74) is 7.29. The Morgan fingerprint density at radius 2 is 1.74 bits per heavy atom. The number of anilines is 1. The summed E-state index contributed by atoms with van der Waals surface area (Å²) in [4.78, 5) is 8.69. The summed E-state index contributed by atoms with van der Waals surface area (Å²) >= 11 is -1.53. The van der Waals surface area contributed by atoms with E-state index in [4.69, 9.17) is 5.73 Å². The lowest BCUT2D eigenvalue weighted by Gasteiger charge is -2.25. The number of hydrogen-bond acceptors (Lipinski definition) is 6. The van der Waals surface area contributed by atoms with Crippen LogP contribution in [-0.2, 0) is 17.0 Å². The van der Waals surface area contributed by atoms with Gasteiger partial charge in [-0.3, -0.25) is 4.98 Å². The Hall–Kier alpha value is -3.30. The number of β-amino-alcohol motifs (C(OH)–C–C–N with tert-alkyl or cyclic N) is 1. The zero-order chi connectivity index (χ0) is 23.7. The summed E-state index contributed by atoms with van der Waals surface area (Å²) in [6.45, 7) is 0.733. The molecule has 0 saturated carbocycles. The maximum absolute atomic E-state index is 15.0. The Labute approximate surface area is 200 Å². The van der Waals surface area contributed by atoms with Crippen molar-refractivity contribution >= 4 is 17.2 Å². The standard InChI is InChI=1S/C26H23FN4O2S/c27-22-14-18(10-11-21(22)23-15-30-25(28)16-29-23)20-8-4-5-9-24(20)34(33)31-13-12-26(32,17-31)19-6-2-1-3-7-19/h1-11,14-16,32H,12-13,17H2,(H2,28,30). The van der Waals surface area contributed by atoms with Gasteiger partial charge in [-0.15, -0.1) is 4.31 Å². The molecule has 5 rings (SSSR count). The average molecular weight is 475 g/mol. The lowest BCUT2D eigenvalue weighted by Crippen LogP contribution is -2.34. The van der Waals surface area contributed by atoms with Crippen molar-refractivity contribution in [2.75, 3.05) is 18.8 Å². The molecule has 2 unspecified atom stereocenters. The molecule has 3 N–H and O–H groups in total. The molecule has 3 aromatic carbocycles. The largest absolute Gasteiger partial charge is 0.593 e. The number of halogens is 1. The molecule has 4 aromatic rings. The molecule has 1 aliphatic heterocycles. The van der Waals surface area contributed by atoms with Crippen LogP contribution in [0.1, 0.15) is 12.0 Å². The van der Waals surface area contributed by atoms with E-state index in [1.165, 1.54) is 18.5 Å². The van der Waals surface area contributed by atoms with E-state index in [2.05, 4.69) is 9.97 Å². The quantitative estimate of drug-likeness (QED) is 0.422. The van der Waals surface area contributed by atoms with E-state index in [0.29, 0.717) is 40.2 Å². The van der Waals surface area contributed by atoms with Crippen LogP contribution in [0.2, 0.25) is 0 Å². The number of aliphatic hydroxyl groups is 1. The van der Waals surface area contributed by atoms with Crippen molar-refractivity contribution in [1.29, 1.82) is 0 Å². The molecule has 0 aliphatic carbocycles. The fourth-order valence-corrected chi connectivity index (χ4v) is 5.68. The summed E-state index contributed by atoms with van der Waals surface area (Å²) in [5.74, 6) is -0.199. The summed E-state index contributed by atoms with van der Waals surface area (Å²) in [6.07, 6.45) is 3.29. The molecule has 34 heavy (non-hydrogen) atoms. The van der Waals surface area contributed by atoms with Gasteiger partial charge in [0.1, 0.15) is 17.2 Å². The van der Waals surface area contributed by atoms with E-state index in [9.17, 15) is 9.66 Å². The van der Waals surface area contributed by atoms with Crippen LogP contribution in [-0.4, -0.2) is 37.0 Å². The molecular formula is C26H23FN4O2S. The second kappa shape index (κ2) is 9.15. The van der Waals surface area contributed by atoms with E-state index < -0.39 is 22.8 Å². The third kappa shape index (κ3) is 4.28. The zero-order valence-electron chi connectivity index (χ0n) is 18.3. The van der Waals surface area contributed by atoms with Crippen molar-refractivity contribution in [2.45, 2.75) is 16.9 Å². The number of nitrogens with two attached hydrogens (primary N) is 1. The van der Waals surface area contributed by atoms with Crippen LogP contribution in [0.3, 0.4) is 0 Å². The summed E-state index contributed by atoms with van der Waals surface area (Å²) < 4.78 is 30.4. The second-order valence-electron chi connectivity index (χ2n) is 8.28. The number of aromatic nitrogens is 2. The summed E-state index contributed by atoms with van der Waals surface area (Å²) in [6, 6.07) is 21.5. The molecule has 0 bridgehead atoms. The zero-order valence-corrected chi connectivity index (χ0v) is 19.1. The van der Waals surface area contributed by atoms with E-state index >= 15 is 4.39 Å². The second-order valence-corrected chi connectivity index (χ2v) is 9.73. The molecule has 172 valence electrons. The molecule has 0 radical (unpaired) electrons. The molecule has 1 fully saturated rings. The Morgan fingerprint density at radius 1 is 0.971 bits per heavy atom. The normalized spacial score (nSPS) is 19.3. The third-order valence-corrected chi connectivity index (χ3v) is 7.57. The van der Waals surface area contributed by atoms with Gasteiger partial charge >= 0.3 is 0 Å². The Bertz CT molecular complexity index is 1310. The molecule has 6 nitrogen and oxygen atoms in total. The van der Waals surface area contributed by atoms with Crippen molar-refractivity contribution in [3.63, 3.8) is 0 Å². The van der Waals surface area contributed by atoms with Gasteiger partial charge in [-0.2, -0.15) is 0 Å². The first-order valence-electron chi connectivity index (χ1n) is 10.9. The van der Waals surface area contributed by atoms with E-state index in [1.807, 2.05) is 48.5 Å². The summed E-state index contributed by atoms with van der Waals surface area (Å²) in [5, 5.41) is 11.2. The van der Waals surface area contributed by atoms with E-state index in [1.54, 1.807) is 22.5 Å². The third-order valence-electron chi connectivity index (χ3n) is 6.06. The fourth-order valence-electron chi connectivity index (χ4n) is 4.25. The Morgan fingerprint density at radius 3 is 2.47 bits per heavy atom. The first kappa shape index (κ1) is 22.5. The highest BCUT2D eigenvalue weighted by Gasteiger charge is 2.43. The highest BCUT2D eigenvalue weighted by atomic mass is 32.2. The first-order valence-corrected chi connectivity index (χ1v) is 12.0. The fraction of sp³-hybridized carbons (Fsp3) is 0.154. The van der Waals surface area contributed by atoms with Gasteiger partial charge < -0.3 is 15.4 Å². The van der Waals surface area contributed by atoms with Crippen LogP contribution in [0, 0.1) is 5.82 Å². The van der Waals surface area contributed by atoms with Crippen LogP contribution in [0.5, 0.6) is 0 Å². The highest BCUT2D eigenvalue weighted by Crippen LogP contribution is 2.37. The first-order chi connectivity index (χ1) is 16.4. The number of nitrogens with zero attached hydrogens (tertiary/aromatic N) is 3. The molecule has 2 atom stereocenters. The SMILES string of the molecule is Nc1cnc(-c2ccc(-c3ccccc3[S+]([O-])N3CCC(O)(c4ccccc4)C3)cc2F)cn1. The lowest BCUT2D eigenvalue weighted by atomic mass is 9.93. The molecule has 1 aromatic heterocycles. The molecule has 0 amide bonds. The minimum atomic E-state index is -1.53. The maximum atomic E-state index is 15.0. The number of rotatable bonds is 5. The smallest absolute Gasteiger partial charge is 0.181 e. The van der Waals surface area contributed by atoms with Crippen molar-refractivity contribution in [1.82, 2.24) is 14.3 Å². The van der Waals surface area contributed by atoms with Gasteiger partial charge in [-0.1, -0.05) is 48.5 Å². The van der Waals surface area contributed by atoms with Gasteiger partial charge in [0.25, 0.3) is 0 Å². The van der Waals surface area contributed by atoms with Gasteiger partial charge in [0, 0.05) is 17.7 Å². The van der Waals surface area contributed by atoms with E-state index in [-0.39, 0.29) is 12.4 Å². The van der Waals surface area contributed by atoms with Crippen LogP contribution in [0.25, 0.3) is 22.4 Å². The monoisotopic (exact) mass is 474 g/mol. The predicted molar refractivity (Wildman–Crippen MR) is 130 cm³/mol. The number of hydrogen-bond donors (Lipinski definition) is 2. The average Bonchev–Trinajstić information content (AvgIpc) is 3.28. The van der Waals surface area contributed by atoms with Crippen molar-refractivity contribution in [2.24, 2.45) is 0 Å². The van der Waals surface area contributed by atoms with Crippen molar-refractivity contribution in [3.8, 4) is 22.4 Å². The molecular weight excluding hydrogens is 451 g/mol. The number of benzene rings is 3. The maximum Gasteiger partial charge on any atom is 0.181 e. The van der Waals surface area contributed by atoms with Gasteiger partial charge in [0.15, 0.2) is 4.90 Å². The molecule has 2 heterocycles. The Kier molecular flexibility index (Phi) is 6.05. The molecule has 1 aliphatic rings. The van der Waals surface area contributed by atoms with Gasteiger partial charge in [-0.25, -0.2) is 9.37 Å². The number of nitrogen functional groups attached to an aromatic ring is 1. The van der Waals surface area contributed by atoms with Crippen molar-refractivity contribution < 1.29 is 14.0 Å². The lowest BCUT2D eigenvalue weighted by molar-refractivity contribution is 0.0531.